The Balaban J connectivity index is 1.72. The van der Waals surface area contributed by atoms with E-state index in [4.69, 9.17) is 0 Å². The van der Waals surface area contributed by atoms with E-state index in [0.717, 1.165) is 37.3 Å². The SMILES string of the molecule is Fc1ccc(-c2cnc3n2C[C@]2(CCNC2)C3)cc1. The molecular formula is C15H16FN3. The molecular weight excluding hydrogens is 241 g/mol. The molecule has 19 heavy (non-hydrogen) atoms. The lowest BCUT2D eigenvalue weighted by Gasteiger charge is -2.20. The van der Waals surface area contributed by atoms with Gasteiger partial charge in [-0.25, -0.2) is 9.37 Å². The van der Waals surface area contributed by atoms with Crippen LogP contribution in [0, 0.1) is 11.2 Å². The van der Waals surface area contributed by atoms with Crippen molar-refractivity contribution in [2.45, 2.75) is 19.4 Å². The maximum atomic E-state index is 13.0. The van der Waals surface area contributed by atoms with E-state index in [0.29, 0.717) is 5.41 Å². The molecule has 3 heterocycles. The smallest absolute Gasteiger partial charge is 0.123 e. The number of rotatable bonds is 1. The zero-order valence-electron chi connectivity index (χ0n) is 10.7. The second-order valence-corrected chi connectivity index (χ2v) is 5.76. The largest absolute Gasteiger partial charge is 0.327 e. The summed E-state index contributed by atoms with van der Waals surface area (Å²) < 4.78 is 15.3. The van der Waals surface area contributed by atoms with E-state index < -0.39 is 0 Å². The van der Waals surface area contributed by atoms with Gasteiger partial charge in [0.15, 0.2) is 0 Å². The molecule has 1 atom stereocenters. The van der Waals surface area contributed by atoms with Gasteiger partial charge in [-0.3, -0.25) is 0 Å². The van der Waals surface area contributed by atoms with Gasteiger partial charge in [-0.1, -0.05) is 0 Å². The van der Waals surface area contributed by atoms with Crippen molar-refractivity contribution in [3.63, 3.8) is 0 Å². The van der Waals surface area contributed by atoms with Gasteiger partial charge in [-0.15, -0.1) is 0 Å². The molecule has 2 aliphatic rings. The summed E-state index contributed by atoms with van der Waals surface area (Å²) >= 11 is 0. The molecule has 1 aromatic carbocycles. The molecule has 98 valence electrons. The molecule has 2 aromatic rings. The van der Waals surface area contributed by atoms with Crippen LogP contribution in [0.15, 0.2) is 30.5 Å². The van der Waals surface area contributed by atoms with Crippen LogP contribution in [0.4, 0.5) is 4.39 Å². The fourth-order valence-electron chi connectivity index (χ4n) is 3.39. The lowest BCUT2D eigenvalue weighted by Crippen LogP contribution is -2.25. The average Bonchev–Trinajstić information content (AvgIpc) is 3.08. The second kappa shape index (κ2) is 3.90. The van der Waals surface area contributed by atoms with Crippen LogP contribution in [0.5, 0.6) is 0 Å². The van der Waals surface area contributed by atoms with Crippen molar-refractivity contribution in [2.75, 3.05) is 13.1 Å². The molecule has 4 rings (SSSR count). The van der Waals surface area contributed by atoms with Crippen molar-refractivity contribution >= 4 is 0 Å². The number of benzene rings is 1. The van der Waals surface area contributed by atoms with E-state index >= 15 is 0 Å². The summed E-state index contributed by atoms with van der Waals surface area (Å²) in [6.07, 6.45) is 4.19. The Labute approximate surface area is 111 Å². The minimum Gasteiger partial charge on any atom is -0.327 e. The van der Waals surface area contributed by atoms with Crippen molar-refractivity contribution in [1.29, 1.82) is 0 Å². The molecule has 0 bridgehead atoms. The third-order valence-electron chi connectivity index (χ3n) is 4.44. The maximum Gasteiger partial charge on any atom is 0.123 e. The van der Waals surface area contributed by atoms with E-state index in [2.05, 4.69) is 14.9 Å². The normalized spacial score (nSPS) is 25.1. The van der Waals surface area contributed by atoms with E-state index in [1.54, 1.807) is 0 Å². The van der Waals surface area contributed by atoms with E-state index in [9.17, 15) is 4.39 Å². The van der Waals surface area contributed by atoms with Gasteiger partial charge in [0.2, 0.25) is 0 Å². The van der Waals surface area contributed by atoms with Crippen LogP contribution < -0.4 is 5.32 Å². The van der Waals surface area contributed by atoms with E-state index in [1.807, 2.05) is 18.3 Å². The molecule has 2 aliphatic heterocycles. The number of nitrogens with zero attached hydrogens (tertiary/aromatic N) is 2. The summed E-state index contributed by atoms with van der Waals surface area (Å²) in [6, 6.07) is 6.68. The Morgan fingerprint density at radius 1 is 1.26 bits per heavy atom. The van der Waals surface area contributed by atoms with Crippen LogP contribution >= 0.6 is 0 Å². The molecule has 1 spiro atoms. The Kier molecular flexibility index (Phi) is 2.30. The summed E-state index contributed by atoms with van der Waals surface area (Å²) in [5, 5.41) is 3.46. The van der Waals surface area contributed by atoms with Crippen molar-refractivity contribution in [1.82, 2.24) is 14.9 Å². The third kappa shape index (κ3) is 1.70. The van der Waals surface area contributed by atoms with Gasteiger partial charge in [-0.05, 0) is 42.8 Å². The van der Waals surface area contributed by atoms with Gasteiger partial charge in [0, 0.05) is 24.9 Å². The molecule has 0 saturated carbocycles. The molecule has 1 saturated heterocycles. The van der Waals surface area contributed by atoms with Gasteiger partial charge in [0.05, 0.1) is 11.9 Å². The molecule has 4 heteroatoms. The van der Waals surface area contributed by atoms with Gasteiger partial charge in [0.25, 0.3) is 0 Å². The Morgan fingerprint density at radius 2 is 2.11 bits per heavy atom. The number of halogens is 1. The van der Waals surface area contributed by atoms with Crippen LogP contribution in [-0.4, -0.2) is 22.6 Å². The van der Waals surface area contributed by atoms with Crippen molar-refractivity contribution in [3.8, 4) is 11.3 Å². The highest BCUT2D eigenvalue weighted by Gasteiger charge is 2.41. The number of aromatic nitrogens is 2. The molecule has 0 unspecified atom stereocenters. The first kappa shape index (κ1) is 11.2. The van der Waals surface area contributed by atoms with Crippen LogP contribution in [0.25, 0.3) is 11.3 Å². The van der Waals surface area contributed by atoms with Crippen LogP contribution in [0.3, 0.4) is 0 Å². The van der Waals surface area contributed by atoms with Gasteiger partial charge >= 0.3 is 0 Å². The predicted octanol–water partition coefficient (Wildman–Crippen LogP) is 2.22. The van der Waals surface area contributed by atoms with Crippen LogP contribution in [-0.2, 0) is 13.0 Å². The number of fused-ring (bicyclic) bond motifs is 1. The van der Waals surface area contributed by atoms with E-state index in [1.165, 1.54) is 24.4 Å². The number of hydrogen-bond acceptors (Lipinski definition) is 2. The maximum absolute atomic E-state index is 13.0. The minimum atomic E-state index is -0.193. The molecule has 0 radical (unpaired) electrons. The zero-order chi connectivity index (χ0) is 12.9. The van der Waals surface area contributed by atoms with E-state index in [-0.39, 0.29) is 5.82 Å². The highest BCUT2D eigenvalue weighted by Crippen LogP contribution is 2.39. The monoisotopic (exact) mass is 257 g/mol. The topological polar surface area (TPSA) is 29.9 Å². The molecule has 1 fully saturated rings. The standard InChI is InChI=1S/C15H16FN3/c16-12-3-1-11(2-4-12)13-8-18-14-7-15(10-19(13)14)5-6-17-9-15/h1-4,8,17H,5-7,9-10H2/t15-/m1/s1. The summed E-state index contributed by atoms with van der Waals surface area (Å²) in [7, 11) is 0. The average molecular weight is 257 g/mol. The first-order valence-electron chi connectivity index (χ1n) is 6.77. The van der Waals surface area contributed by atoms with Gasteiger partial charge < -0.3 is 9.88 Å². The summed E-state index contributed by atoms with van der Waals surface area (Å²) in [6.45, 7) is 3.22. The molecule has 1 aromatic heterocycles. The highest BCUT2D eigenvalue weighted by atomic mass is 19.1. The van der Waals surface area contributed by atoms with Crippen LogP contribution in [0.2, 0.25) is 0 Å². The van der Waals surface area contributed by atoms with Gasteiger partial charge in [-0.2, -0.15) is 0 Å². The molecule has 1 N–H and O–H groups in total. The van der Waals surface area contributed by atoms with Crippen molar-refractivity contribution in [2.24, 2.45) is 5.41 Å². The van der Waals surface area contributed by atoms with Crippen molar-refractivity contribution < 1.29 is 4.39 Å². The summed E-state index contributed by atoms with van der Waals surface area (Å²) in [4.78, 5) is 4.56. The number of nitrogens with one attached hydrogen (secondary N) is 1. The highest BCUT2D eigenvalue weighted by molar-refractivity contribution is 5.59. The second-order valence-electron chi connectivity index (χ2n) is 5.76. The predicted molar refractivity (Wildman–Crippen MR) is 71.2 cm³/mol. The lowest BCUT2D eigenvalue weighted by atomic mass is 9.86. The Morgan fingerprint density at radius 3 is 2.84 bits per heavy atom. The summed E-state index contributed by atoms with van der Waals surface area (Å²) in [5.74, 6) is 0.976. The van der Waals surface area contributed by atoms with Crippen molar-refractivity contribution in [3.05, 3.63) is 42.1 Å². The van der Waals surface area contributed by atoms with Crippen LogP contribution in [0.1, 0.15) is 12.2 Å². The lowest BCUT2D eigenvalue weighted by molar-refractivity contribution is 0.317. The Bertz CT molecular complexity index is 609. The summed E-state index contributed by atoms with van der Waals surface area (Å²) in [5.41, 5.74) is 2.51. The molecule has 0 aliphatic carbocycles. The quantitative estimate of drug-likeness (QED) is 0.849. The number of imidazole rings is 1. The minimum absolute atomic E-state index is 0.193. The fourth-order valence-corrected chi connectivity index (χ4v) is 3.39. The first-order chi connectivity index (χ1) is 9.26. The number of hydrogen-bond donors (Lipinski definition) is 1. The molecule has 3 nitrogen and oxygen atoms in total. The molecule has 0 amide bonds. The van der Waals surface area contributed by atoms with Gasteiger partial charge in [0.1, 0.15) is 11.6 Å². The third-order valence-corrected chi connectivity index (χ3v) is 4.44. The Hall–Kier alpha value is -1.68. The first-order valence-corrected chi connectivity index (χ1v) is 6.77. The zero-order valence-corrected chi connectivity index (χ0v) is 10.7. The fraction of sp³-hybridized carbons (Fsp3) is 0.400.